The molecule has 0 bridgehead atoms. The summed E-state index contributed by atoms with van der Waals surface area (Å²) in [4.78, 5) is 4.78. The van der Waals surface area contributed by atoms with Gasteiger partial charge in [0.1, 0.15) is 17.1 Å². The third-order valence-corrected chi connectivity index (χ3v) is 4.48. The molecule has 1 heterocycles. The minimum absolute atomic E-state index is 0.604. The quantitative estimate of drug-likeness (QED) is 0.499. The van der Waals surface area contributed by atoms with Crippen LogP contribution in [0.2, 0.25) is 0 Å². The molecule has 0 aliphatic rings. The van der Waals surface area contributed by atoms with E-state index in [0.717, 1.165) is 34.1 Å². The van der Waals surface area contributed by atoms with Crippen LogP contribution in [0.15, 0.2) is 51.9 Å². The SMILES string of the molecule is CCOc1ccc2oc(-c3ccc(OC)c(OC)c3)cc(=NCCCOC)c2c1. The number of ether oxygens (including phenoxy) is 4. The van der Waals surface area contributed by atoms with Gasteiger partial charge in [0.05, 0.1) is 26.2 Å². The molecule has 29 heavy (non-hydrogen) atoms. The molecule has 0 N–H and O–H groups in total. The Morgan fingerprint density at radius 1 is 0.931 bits per heavy atom. The van der Waals surface area contributed by atoms with Crippen LogP contribution < -0.4 is 19.6 Å². The van der Waals surface area contributed by atoms with Gasteiger partial charge in [-0.05, 0) is 49.7 Å². The highest BCUT2D eigenvalue weighted by atomic mass is 16.5. The van der Waals surface area contributed by atoms with Crippen LogP contribution in [0.3, 0.4) is 0 Å². The zero-order valence-corrected chi connectivity index (χ0v) is 17.4. The standard InChI is InChI=1S/C23H27NO5/c1-5-28-17-8-10-20-18(14-17)19(24-11-6-12-25-2)15-22(29-20)16-7-9-21(26-3)23(13-16)27-4/h7-10,13-15H,5-6,11-12H2,1-4H3. The smallest absolute Gasteiger partial charge is 0.161 e. The fourth-order valence-corrected chi connectivity index (χ4v) is 3.08. The Balaban J connectivity index is 2.12. The van der Waals surface area contributed by atoms with E-state index in [4.69, 9.17) is 28.4 Å². The maximum atomic E-state index is 6.19. The lowest BCUT2D eigenvalue weighted by atomic mass is 10.1. The van der Waals surface area contributed by atoms with Crippen LogP contribution in [0.5, 0.6) is 17.2 Å². The molecule has 0 unspecified atom stereocenters. The number of fused-ring (bicyclic) bond motifs is 1. The molecule has 0 aliphatic heterocycles. The molecule has 0 radical (unpaired) electrons. The van der Waals surface area contributed by atoms with E-state index in [1.165, 1.54) is 0 Å². The third kappa shape index (κ3) is 4.90. The van der Waals surface area contributed by atoms with Crippen LogP contribution in [0.1, 0.15) is 13.3 Å². The first-order valence-corrected chi connectivity index (χ1v) is 9.62. The molecule has 2 aromatic carbocycles. The normalized spacial score (nSPS) is 11.7. The van der Waals surface area contributed by atoms with Gasteiger partial charge >= 0.3 is 0 Å². The summed E-state index contributed by atoms with van der Waals surface area (Å²) in [5.74, 6) is 2.81. The third-order valence-electron chi connectivity index (χ3n) is 4.48. The van der Waals surface area contributed by atoms with Crippen LogP contribution >= 0.6 is 0 Å². The summed E-state index contributed by atoms with van der Waals surface area (Å²) in [6, 6.07) is 13.4. The minimum atomic E-state index is 0.604. The number of benzene rings is 2. The summed E-state index contributed by atoms with van der Waals surface area (Å²) in [6.45, 7) is 3.90. The van der Waals surface area contributed by atoms with E-state index < -0.39 is 0 Å². The molecule has 0 spiro atoms. The molecule has 154 valence electrons. The number of hydrogen-bond acceptors (Lipinski definition) is 6. The average Bonchev–Trinajstić information content (AvgIpc) is 2.76. The van der Waals surface area contributed by atoms with Crippen LogP contribution in [-0.2, 0) is 4.74 Å². The summed E-state index contributed by atoms with van der Waals surface area (Å²) in [5.41, 5.74) is 1.62. The van der Waals surface area contributed by atoms with Gasteiger partial charge in [0, 0.05) is 37.3 Å². The number of methoxy groups -OCH3 is 3. The second-order valence-corrected chi connectivity index (χ2v) is 6.38. The van der Waals surface area contributed by atoms with E-state index in [1.807, 2.05) is 49.4 Å². The lowest BCUT2D eigenvalue weighted by Crippen LogP contribution is -2.06. The molecule has 3 aromatic rings. The van der Waals surface area contributed by atoms with Crippen LogP contribution in [-0.4, -0.2) is 41.1 Å². The van der Waals surface area contributed by atoms with Crippen LogP contribution in [0.25, 0.3) is 22.3 Å². The lowest BCUT2D eigenvalue weighted by molar-refractivity contribution is 0.196. The van der Waals surface area contributed by atoms with Gasteiger partial charge in [-0.15, -0.1) is 0 Å². The van der Waals surface area contributed by atoms with E-state index in [1.54, 1.807) is 21.3 Å². The number of hydrogen-bond donors (Lipinski definition) is 0. The molecule has 0 fully saturated rings. The zero-order valence-electron chi connectivity index (χ0n) is 17.4. The minimum Gasteiger partial charge on any atom is -0.494 e. The molecular formula is C23H27NO5. The predicted molar refractivity (Wildman–Crippen MR) is 113 cm³/mol. The van der Waals surface area contributed by atoms with Gasteiger partial charge in [-0.1, -0.05) is 0 Å². The Morgan fingerprint density at radius 2 is 1.76 bits per heavy atom. The first-order valence-electron chi connectivity index (χ1n) is 9.62. The summed E-state index contributed by atoms with van der Waals surface area (Å²) >= 11 is 0. The maximum absolute atomic E-state index is 6.19. The molecule has 0 aliphatic carbocycles. The van der Waals surface area contributed by atoms with Crippen molar-refractivity contribution in [2.24, 2.45) is 4.99 Å². The summed E-state index contributed by atoms with van der Waals surface area (Å²) in [5, 5.41) is 1.77. The van der Waals surface area contributed by atoms with Gasteiger partial charge in [-0.25, -0.2) is 0 Å². The molecule has 0 saturated heterocycles. The Kier molecular flexibility index (Phi) is 7.14. The molecule has 0 saturated carbocycles. The van der Waals surface area contributed by atoms with E-state index in [0.29, 0.717) is 37.0 Å². The molecule has 0 amide bonds. The second-order valence-electron chi connectivity index (χ2n) is 6.38. The first kappa shape index (κ1) is 20.7. The van der Waals surface area contributed by atoms with Crippen molar-refractivity contribution in [2.45, 2.75) is 13.3 Å². The van der Waals surface area contributed by atoms with Crippen molar-refractivity contribution in [2.75, 3.05) is 41.1 Å². The Bertz CT molecular complexity index is 1030. The van der Waals surface area contributed by atoms with Crippen molar-refractivity contribution in [3.63, 3.8) is 0 Å². The Labute approximate surface area is 170 Å². The van der Waals surface area contributed by atoms with Crippen molar-refractivity contribution in [3.05, 3.63) is 47.8 Å². The second kappa shape index (κ2) is 9.98. The fourth-order valence-electron chi connectivity index (χ4n) is 3.08. The zero-order chi connectivity index (χ0) is 20.6. The summed E-state index contributed by atoms with van der Waals surface area (Å²) in [7, 11) is 4.93. The van der Waals surface area contributed by atoms with Gasteiger partial charge in [0.25, 0.3) is 0 Å². The van der Waals surface area contributed by atoms with Crippen molar-refractivity contribution >= 4 is 11.0 Å². The monoisotopic (exact) mass is 397 g/mol. The predicted octanol–water partition coefficient (Wildman–Crippen LogP) is 4.45. The largest absolute Gasteiger partial charge is 0.494 e. The van der Waals surface area contributed by atoms with Crippen molar-refractivity contribution in [1.82, 2.24) is 0 Å². The number of rotatable bonds is 9. The maximum Gasteiger partial charge on any atom is 0.161 e. The molecule has 6 heteroatoms. The van der Waals surface area contributed by atoms with Crippen molar-refractivity contribution < 1.29 is 23.4 Å². The van der Waals surface area contributed by atoms with Gasteiger partial charge in [-0.3, -0.25) is 4.99 Å². The highest BCUT2D eigenvalue weighted by Crippen LogP contribution is 2.33. The Morgan fingerprint density at radius 3 is 2.48 bits per heavy atom. The molecule has 0 atom stereocenters. The van der Waals surface area contributed by atoms with Crippen molar-refractivity contribution in [1.29, 1.82) is 0 Å². The molecule has 3 rings (SSSR count). The lowest BCUT2D eigenvalue weighted by Gasteiger charge is -2.11. The first-order chi connectivity index (χ1) is 14.2. The van der Waals surface area contributed by atoms with E-state index in [9.17, 15) is 0 Å². The van der Waals surface area contributed by atoms with Crippen LogP contribution in [0.4, 0.5) is 0 Å². The average molecular weight is 397 g/mol. The van der Waals surface area contributed by atoms with Gasteiger partial charge in [-0.2, -0.15) is 0 Å². The Hall–Kier alpha value is -2.99. The number of nitrogens with zero attached hydrogens (tertiary/aromatic N) is 1. The van der Waals surface area contributed by atoms with Gasteiger partial charge < -0.3 is 23.4 Å². The van der Waals surface area contributed by atoms with E-state index in [2.05, 4.69) is 0 Å². The highest BCUT2D eigenvalue weighted by molar-refractivity contribution is 5.80. The molecule has 6 nitrogen and oxygen atoms in total. The van der Waals surface area contributed by atoms with Gasteiger partial charge in [0.2, 0.25) is 0 Å². The summed E-state index contributed by atoms with van der Waals surface area (Å²) in [6.07, 6.45) is 0.848. The van der Waals surface area contributed by atoms with Gasteiger partial charge in [0.15, 0.2) is 11.5 Å². The summed E-state index contributed by atoms with van der Waals surface area (Å²) < 4.78 is 27.7. The van der Waals surface area contributed by atoms with Crippen molar-refractivity contribution in [3.8, 4) is 28.6 Å². The van der Waals surface area contributed by atoms with Crippen LogP contribution in [0, 0.1) is 0 Å². The fraction of sp³-hybridized carbons (Fsp3) is 0.348. The van der Waals surface area contributed by atoms with E-state index in [-0.39, 0.29) is 0 Å². The highest BCUT2D eigenvalue weighted by Gasteiger charge is 2.11. The topological polar surface area (TPSA) is 62.4 Å². The molecular weight excluding hydrogens is 370 g/mol. The van der Waals surface area contributed by atoms with E-state index >= 15 is 0 Å². The molecule has 1 aromatic heterocycles.